The Morgan fingerprint density at radius 2 is 1.42 bits per heavy atom. The van der Waals surface area contributed by atoms with Crippen LogP contribution in [0.25, 0.3) is 5.57 Å². The van der Waals surface area contributed by atoms with Crippen LogP contribution in [0.2, 0.25) is 0 Å². The van der Waals surface area contributed by atoms with Gasteiger partial charge in [-0.25, -0.2) is 0 Å². The average Bonchev–Trinajstić information content (AvgIpc) is 2.98. The van der Waals surface area contributed by atoms with Gasteiger partial charge in [-0.15, -0.1) is 0 Å². The quantitative estimate of drug-likeness (QED) is 0.481. The average molecular weight is 430 g/mol. The predicted octanol–water partition coefficient (Wildman–Crippen LogP) is 5.25. The van der Waals surface area contributed by atoms with Gasteiger partial charge in [-0.05, 0) is 54.8 Å². The summed E-state index contributed by atoms with van der Waals surface area (Å²) in [5.41, 5.74) is 3.42. The Labute approximate surface area is 186 Å². The summed E-state index contributed by atoms with van der Waals surface area (Å²) >= 11 is 1.33. The Kier molecular flexibility index (Phi) is 6.23. The minimum absolute atomic E-state index is 0.194. The maximum Gasteiger partial charge on any atom is 0.268 e. The Morgan fingerprint density at radius 3 is 2.06 bits per heavy atom. The van der Waals surface area contributed by atoms with Crippen molar-refractivity contribution in [3.05, 3.63) is 100 Å². The van der Waals surface area contributed by atoms with E-state index < -0.39 is 0 Å². The van der Waals surface area contributed by atoms with Crippen LogP contribution in [0.4, 0.5) is 0 Å². The lowest BCUT2D eigenvalue weighted by Gasteiger charge is -2.16. The van der Waals surface area contributed by atoms with E-state index in [0.29, 0.717) is 10.5 Å². The molecule has 0 unspecified atom stereocenters. The molecule has 0 radical (unpaired) electrons. The second-order valence-electron chi connectivity index (χ2n) is 7.42. The van der Waals surface area contributed by atoms with Gasteiger partial charge in [-0.1, -0.05) is 66.4 Å². The van der Waals surface area contributed by atoms with Gasteiger partial charge in [0.2, 0.25) is 0 Å². The zero-order chi connectivity index (χ0) is 21.8. The Hall–Kier alpha value is -3.31. The molecule has 0 saturated carbocycles. The third-order valence-electron chi connectivity index (χ3n) is 4.93. The van der Waals surface area contributed by atoms with E-state index in [-0.39, 0.29) is 25.0 Å². The van der Waals surface area contributed by atoms with Crippen molar-refractivity contribution < 1.29 is 14.3 Å². The molecule has 1 aliphatic heterocycles. The topological polar surface area (TPSA) is 46.6 Å². The molecule has 4 nitrogen and oxygen atoms in total. The fourth-order valence-corrected chi connectivity index (χ4v) is 4.62. The summed E-state index contributed by atoms with van der Waals surface area (Å²) in [6.07, 6.45) is 0. The van der Waals surface area contributed by atoms with Gasteiger partial charge >= 0.3 is 0 Å². The van der Waals surface area contributed by atoms with Crippen LogP contribution in [0.3, 0.4) is 0 Å². The van der Waals surface area contributed by atoms with Crippen LogP contribution in [-0.2, 0) is 9.59 Å². The molecular weight excluding hydrogens is 406 g/mol. The van der Waals surface area contributed by atoms with Gasteiger partial charge in [-0.3, -0.25) is 14.5 Å². The highest BCUT2D eigenvalue weighted by molar-refractivity contribution is 8.04. The third kappa shape index (κ3) is 4.72. The fourth-order valence-electron chi connectivity index (χ4n) is 3.59. The first kappa shape index (κ1) is 20.9. The zero-order valence-electron chi connectivity index (χ0n) is 17.5. The highest BCUT2D eigenvalue weighted by Crippen LogP contribution is 2.39. The summed E-state index contributed by atoms with van der Waals surface area (Å²) in [7, 11) is 0. The molecule has 2 amide bonds. The van der Waals surface area contributed by atoms with Crippen LogP contribution in [0, 0.1) is 13.8 Å². The summed E-state index contributed by atoms with van der Waals surface area (Å²) in [6, 6.07) is 25.0. The van der Waals surface area contributed by atoms with Crippen molar-refractivity contribution in [2.75, 3.05) is 13.2 Å². The van der Waals surface area contributed by atoms with Crippen molar-refractivity contribution in [3.63, 3.8) is 0 Å². The number of hydrogen-bond donors (Lipinski definition) is 0. The van der Waals surface area contributed by atoms with Gasteiger partial charge in [0.15, 0.2) is 0 Å². The largest absolute Gasteiger partial charge is 0.492 e. The first-order valence-electron chi connectivity index (χ1n) is 10.1. The number of aryl methyl sites for hydroxylation is 2. The number of thioether (sulfide) groups is 1. The van der Waals surface area contributed by atoms with Crippen LogP contribution < -0.4 is 4.74 Å². The third-order valence-corrected chi connectivity index (χ3v) is 6.02. The summed E-state index contributed by atoms with van der Waals surface area (Å²) in [5.74, 6) is 0.187. The molecule has 0 fully saturated rings. The molecule has 0 bridgehead atoms. The second kappa shape index (κ2) is 9.23. The predicted molar refractivity (Wildman–Crippen MR) is 124 cm³/mol. The number of imide groups is 1. The zero-order valence-corrected chi connectivity index (χ0v) is 18.3. The SMILES string of the molecule is Cc1cc(C)cc(OCCN2C(=O)C(Sc3ccccc3)=C(c3ccccc3)C2=O)c1. The van der Waals surface area contributed by atoms with Crippen molar-refractivity contribution in [2.45, 2.75) is 18.7 Å². The molecule has 1 heterocycles. The number of carbonyl (C=O) groups is 2. The maximum absolute atomic E-state index is 13.2. The van der Waals surface area contributed by atoms with E-state index in [1.54, 1.807) is 0 Å². The summed E-state index contributed by atoms with van der Waals surface area (Å²) in [6.45, 7) is 4.46. The summed E-state index contributed by atoms with van der Waals surface area (Å²) in [5, 5.41) is 0. The van der Waals surface area contributed by atoms with E-state index in [9.17, 15) is 9.59 Å². The minimum atomic E-state index is -0.279. The second-order valence-corrected chi connectivity index (χ2v) is 8.50. The van der Waals surface area contributed by atoms with Gasteiger partial charge in [-0.2, -0.15) is 0 Å². The van der Waals surface area contributed by atoms with E-state index in [1.807, 2.05) is 86.6 Å². The number of carbonyl (C=O) groups excluding carboxylic acids is 2. The van der Waals surface area contributed by atoms with Crippen LogP contribution in [0.5, 0.6) is 5.75 Å². The normalized spacial score (nSPS) is 13.8. The van der Waals surface area contributed by atoms with Crippen LogP contribution in [0.15, 0.2) is 88.7 Å². The monoisotopic (exact) mass is 429 g/mol. The van der Waals surface area contributed by atoms with Crippen molar-refractivity contribution in [1.82, 2.24) is 4.90 Å². The van der Waals surface area contributed by atoms with E-state index in [2.05, 4.69) is 6.07 Å². The smallest absolute Gasteiger partial charge is 0.268 e. The first-order chi connectivity index (χ1) is 15.0. The maximum atomic E-state index is 13.2. The Morgan fingerprint density at radius 1 is 0.806 bits per heavy atom. The van der Waals surface area contributed by atoms with Gasteiger partial charge in [0.25, 0.3) is 11.8 Å². The van der Waals surface area contributed by atoms with Gasteiger partial charge in [0.1, 0.15) is 12.4 Å². The summed E-state index contributed by atoms with van der Waals surface area (Å²) in [4.78, 5) is 29.1. The molecule has 0 N–H and O–H groups in total. The molecule has 4 rings (SSSR count). The van der Waals surface area contributed by atoms with Gasteiger partial charge < -0.3 is 4.74 Å². The van der Waals surface area contributed by atoms with E-state index >= 15 is 0 Å². The molecule has 5 heteroatoms. The standard InChI is InChI=1S/C26H23NO3S/c1-18-15-19(2)17-21(16-18)30-14-13-27-25(28)23(20-9-5-3-6-10-20)24(26(27)29)31-22-11-7-4-8-12-22/h3-12,15-17H,13-14H2,1-2H3. The lowest BCUT2D eigenvalue weighted by Crippen LogP contribution is -2.35. The van der Waals surface area contributed by atoms with E-state index in [4.69, 9.17) is 4.74 Å². The molecule has 1 aliphatic rings. The van der Waals surface area contributed by atoms with Crippen LogP contribution >= 0.6 is 11.8 Å². The molecule has 3 aromatic carbocycles. The van der Waals surface area contributed by atoms with Crippen LogP contribution in [0.1, 0.15) is 16.7 Å². The van der Waals surface area contributed by atoms with Crippen molar-refractivity contribution in [2.24, 2.45) is 0 Å². The molecule has 0 aliphatic carbocycles. The van der Waals surface area contributed by atoms with Crippen molar-refractivity contribution in [3.8, 4) is 5.75 Å². The van der Waals surface area contributed by atoms with Crippen molar-refractivity contribution >= 4 is 29.1 Å². The molecular formula is C26H23NO3S. The number of nitrogens with zero attached hydrogens (tertiary/aromatic N) is 1. The minimum Gasteiger partial charge on any atom is -0.492 e. The van der Waals surface area contributed by atoms with Gasteiger partial charge in [0.05, 0.1) is 17.0 Å². The molecule has 31 heavy (non-hydrogen) atoms. The van der Waals surface area contributed by atoms with E-state index in [0.717, 1.165) is 27.3 Å². The Balaban J connectivity index is 1.55. The number of ether oxygens (including phenoxy) is 1. The molecule has 0 saturated heterocycles. The lowest BCUT2D eigenvalue weighted by molar-refractivity contribution is -0.136. The number of rotatable bonds is 7. The molecule has 0 atom stereocenters. The molecule has 0 spiro atoms. The first-order valence-corrected chi connectivity index (χ1v) is 10.9. The molecule has 0 aromatic heterocycles. The highest BCUT2D eigenvalue weighted by Gasteiger charge is 2.39. The fraction of sp³-hybridized carbons (Fsp3) is 0.154. The molecule has 156 valence electrons. The van der Waals surface area contributed by atoms with Gasteiger partial charge in [0, 0.05) is 4.90 Å². The Bertz CT molecular complexity index is 1120. The van der Waals surface area contributed by atoms with Crippen LogP contribution in [-0.4, -0.2) is 29.9 Å². The highest BCUT2D eigenvalue weighted by atomic mass is 32.2. The molecule has 3 aromatic rings. The van der Waals surface area contributed by atoms with Crippen molar-refractivity contribution in [1.29, 1.82) is 0 Å². The van der Waals surface area contributed by atoms with E-state index in [1.165, 1.54) is 16.7 Å². The number of amides is 2. The number of benzene rings is 3. The lowest BCUT2D eigenvalue weighted by atomic mass is 10.1. The number of hydrogen-bond acceptors (Lipinski definition) is 4. The summed E-state index contributed by atoms with van der Waals surface area (Å²) < 4.78 is 5.85.